The zero-order chi connectivity index (χ0) is 24.6. The Hall–Kier alpha value is -4.64. The Balaban J connectivity index is 1.45. The molecule has 5 nitrogen and oxygen atoms in total. The van der Waals surface area contributed by atoms with E-state index in [0.29, 0.717) is 22.6 Å². The van der Waals surface area contributed by atoms with Crippen LogP contribution in [-0.2, 0) is 0 Å². The van der Waals surface area contributed by atoms with Crippen LogP contribution in [0.2, 0.25) is 0 Å². The third-order valence-electron chi connectivity index (χ3n) is 5.40. The van der Waals surface area contributed by atoms with Gasteiger partial charge in [-0.25, -0.2) is 4.79 Å². The number of carbonyl (C=O) groups excluding carboxylic acids is 2. The van der Waals surface area contributed by atoms with Gasteiger partial charge >= 0.3 is 5.97 Å². The van der Waals surface area contributed by atoms with Crippen LogP contribution in [0.4, 0.5) is 0 Å². The average molecular weight is 465 g/mol. The van der Waals surface area contributed by atoms with E-state index in [4.69, 9.17) is 14.2 Å². The number of benzene rings is 4. The summed E-state index contributed by atoms with van der Waals surface area (Å²) in [6.45, 7) is 0. The summed E-state index contributed by atoms with van der Waals surface area (Å²) < 4.78 is 16.1. The summed E-state index contributed by atoms with van der Waals surface area (Å²) >= 11 is 0. The van der Waals surface area contributed by atoms with Gasteiger partial charge in [0, 0.05) is 5.56 Å². The second kappa shape index (κ2) is 11.0. The van der Waals surface area contributed by atoms with E-state index in [1.54, 1.807) is 48.5 Å². The average Bonchev–Trinajstić information content (AvgIpc) is 2.92. The fraction of sp³-hybridized carbons (Fsp3) is 0.0667. The van der Waals surface area contributed by atoms with Crippen LogP contribution < -0.4 is 14.2 Å². The quantitative estimate of drug-likeness (QED) is 0.129. The van der Waals surface area contributed by atoms with Gasteiger partial charge in [0.2, 0.25) is 0 Å². The first kappa shape index (κ1) is 23.5. The number of methoxy groups -OCH3 is 2. The summed E-state index contributed by atoms with van der Waals surface area (Å²) in [5, 5.41) is 0. The van der Waals surface area contributed by atoms with Crippen molar-refractivity contribution in [2.45, 2.75) is 0 Å². The van der Waals surface area contributed by atoms with Gasteiger partial charge in [-0.1, -0.05) is 72.8 Å². The van der Waals surface area contributed by atoms with Crippen LogP contribution in [0.3, 0.4) is 0 Å². The van der Waals surface area contributed by atoms with Crippen LogP contribution in [0.15, 0.2) is 103 Å². The third-order valence-corrected chi connectivity index (χ3v) is 5.40. The van der Waals surface area contributed by atoms with Crippen molar-refractivity contribution in [2.75, 3.05) is 14.2 Å². The lowest BCUT2D eigenvalue weighted by Crippen LogP contribution is -2.09. The lowest BCUT2D eigenvalue weighted by atomic mass is 10.0. The first-order valence-electron chi connectivity index (χ1n) is 11.0. The molecular formula is C30H24O5. The van der Waals surface area contributed by atoms with Gasteiger partial charge in [0.15, 0.2) is 17.3 Å². The molecule has 0 saturated carbocycles. The minimum atomic E-state index is -0.528. The van der Waals surface area contributed by atoms with E-state index >= 15 is 0 Å². The zero-order valence-electron chi connectivity index (χ0n) is 19.4. The molecule has 0 aliphatic rings. The largest absolute Gasteiger partial charge is 0.497 e. The molecule has 0 aliphatic heterocycles. The number of carbonyl (C=O) groups is 2. The van der Waals surface area contributed by atoms with E-state index in [0.717, 1.165) is 16.7 Å². The van der Waals surface area contributed by atoms with Crippen LogP contribution >= 0.6 is 0 Å². The standard InChI is InChI=1S/C30H24O5/c1-33-26-10-6-9-25(20-26)30(32)35-28-18-12-21(19-29(28)34-2)11-17-27(31)24-15-13-23(14-16-24)22-7-4-3-5-8-22/h3-20H,1-2H3. The molecule has 0 bridgehead atoms. The van der Waals surface area contributed by atoms with E-state index < -0.39 is 5.97 Å². The van der Waals surface area contributed by atoms with Crippen molar-refractivity contribution < 1.29 is 23.8 Å². The van der Waals surface area contributed by atoms with Crippen LogP contribution in [0.25, 0.3) is 17.2 Å². The number of esters is 1. The maximum Gasteiger partial charge on any atom is 0.343 e. The molecule has 4 aromatic carbocycles. The Labute approximate surface area is 204 Å². The maximum atomic E-state index is 12.6. The summed E-state index contributed by atoms with van der Waals surface area (Å²) in [6.07, 6.45) is 3.21. The fourth-order valence-electron chi connectivity index (χ4n) is 3.51. The molecule has 0 fully saturated rings. The number of ketones is 1. The molecule has 0 N–H and O–H groups in total. The molecule has 4 rings (SSSR count). The van der Waals surface area contributed by atoms with Gasteiger partial charge in [0.25, 0.3) is 0 Å². The van der Waals surface area contributed by atoms with Crippen molar-refractivity contribution in [3.8, 4) is 28.4 Å². The predicted molar refractivity (Wildman–Crippen MR) is 136 cm³/mol. The van der Waals surface area contributed by atoms with E-state index in [1.807, 2.05) is 54.6 Å². The number of hydrogen-bond donors (Lipinski definition) is 0. The summed E-state index contributed by atoms with van der Waals surface area (Å²) in [6, 6.07) is 29.3. The molecule has 0 saturated heterocycles. The predicted octanol–water partition coefficient (Wildman–Crippen LogP) is 6.49. The summed E-state index contributed by atoms with van der Waals surface area (Å²) in [5.74, 6) is 0.575. The highest BCUT2D eigenvalue weighted by Gasteiger charge is 2.13. The molecule has 0 atom stereocenters. The Morgan fingerprint density at radius 2 is 1.40 bits per heavy atom. The molecule has 4 aromatic rings. The van der Waals surface area contributed by atoms with Crippen molar-refractivity contribution in [3.05, 3.63) is 120 Å². The Bertz CT molecular complexity index is 1360. The van der Waals surface area contributed by atoms with Crippen molar-refractivity contribution in [1.29, 1.82) is 0 Å². The fourth-order valence-corrected chi connectivity index (χ4v) is 3.51. The van der Waals surface area contributed by atoms with Crippen molar-refractivity contribution >= 4 is 17.8 Å². The van der Waals surface area contributed by atoms with Gasteiger partial charge in [0.1, 0.15) is 5.75 Å². The molecule has 174 valence electrons. The topological polar surface area (TPSA) is 61.8 Å². The van der Waals surface area contributed by atoms with Crippen molar-refractivity contribution in [1.82, 2.24) is 0 Å². The minimum Gasteiger partial charge on any atom is -0.497 e. The molecule has 0 amide bonds. The summed E-state index contributed by atoms with van der Waals surface area (Å²) in [4.78, 5) is 25.2. The van der Waals surface area contributed by atoms with Gasteiger partial charge < -0.3 is 14.2 Å². The highest BCUT2D eigenvalue weighted by molar-refractivity contribution is 6.07. The molecule has 35 heavy (non-hydrogen) atoms. The molecule has 0 heterocycles. The van der Waals surface area contributed by atoms with Crippen LogP contribution in [0, 0.1) is 0 Å². The molecule has 5 heteroatoms. The number of rotatable bonds is 8. The third kappa shape index (κ3) is 5.84. The van der Waals surface area contributed by atoms with Crippen molar-refractivity contribution in [2.24, 2.45) is 0 Å². The number of hydrogen-bond acceptors (Lipinski definition) is 5. The lowest BCUT2D eigenvalue weighted by molar-refractivity contribution is 0.0729. The molecular weight excluding hydrogens is 440 g/mol. The van der Waals surface area contributed by atoms with Gasteiger partial charge in [-0.05, 0) is 53.1 Å². The normalized spacial score (nSPS) is 10.7. The molecule has 0 unspecified atom stereocenters. The van der Waals surface area contributed by atoms with Gasteiger partial charge in [-0.3, -0.25) is 4.79 Å². The summed E-state index contributed by atoms with van der Waals surface area (Å²) in [7, 11) is 3.02. The molecule has 0 spiro atoms. The lowest BCUT2D eigenvalue weighted by Gasteiger charge is -2.10. The van der Waals surface area contributed by atoms with E-state index in [1.165, 1.54) is 20.3 Å². The molecule has 0 aliphatic carbocycles. The first-order valence-corrected chi connectivity index (χ1v) is 11.0. The SMILES string of the molecule is COc1cccc(C(=O)Oc2ccc(C=CC(=O)c3ccc(-c4ccccc4)cc3)cc2OC)c1. The van der Waals surface area contributed by atoms with Crippen LogP contribution in [0.5, 0.6) is 17.2 Å². The van der Waals surface area contributed by atoms with Gasteiger partial charge in [-0.2, -0.15) is 0 Å². The Morgan fingerprint density at radius 1 is 0.657 bits per heavy atom. The van der Waals surface area contributed by atoms with E-state index in [9.17, 15) is 9.59 Å². The molecule has 0 radical (unpaired) electrons. The maximum absolute atomic E-state index is 12.6. The highest BCUT2D eigenvalue weighted by atomic mass is 16.6. The van der Waals surface area contributed by atoms with Crippen molar-refractivity contribution in [3.63, 3.8) is 0 Å². The van der Waals surface area contributed by atoms with Gasteiger partial charge in [0.05, 0.1) is 19.8 Å². The second-order valence-electron chi connectivity index (χ2n) is 7.67. The minimum absolute atomic E-state index is 0.114. The zero-order valence-corrected chi connectivity index (χ0v) is 19.4. The van der Waals surface area contributed by atoms with E-state index in [2.05, 4.69) is 0 Å². The second-order valence-corrected chi connectivity index (χ2v) is 7.67. The Kier molecular flexibility index (Phi) is 7.38. The van der Waals surface area contributed by atoms with Gasteiger partial charge in [-0.15, -0.1) is 0 Å². The number of ether oxygens (including phenoxy) is 3. The van der Waals surface area contributed by atoms with E-state index in [-0.39, 0.29) is 11.5 Å². The molecule has 0 aromatic heterocycles. The monoisotopic (exact) mass is 464 g/mol. The highest BCUT2D eigenvalue weighted by Crippen LogP contribution is 2.30. The smallest absolute Gasteiger partial charge is 0.343 e. The first-order chi connectivity index (χ1) is 17.1. The summed E-state index contributed by atoms with van der Waals surface area (Å²) in [5.41, 5.74) is 3.84. The Morgan fingerprint density at radius 3 is 2.11 bits per heavy atom. The number of allylic oxidation sites excluding steroid dienone is 1. The van der Waals surface area contributed by atoms with Crippen LogP contribution in [0.1, 0.15) is 26.3 Å². The van der Waals surface area contributed by atoms with Crippen LogP contribution in [-0.4, -0.2) is 26.0 Å².